The Morgan fingerprint density at radius 3 is 2.30 bits per heavy atom. The molecule has 0 unspecified atom stereocenters. The van der Waals surface area contributed by atoms with Gasteiger partial charge >= 0.3 is 6.18 Å². The van der Waals surface area contributed by atoms with E-state index in [9.17, 15) is 28.2 Å². The lowest BCUT2D eigenvalue weighted by molar-refractivity contribution is -0.303. The van der Waals surface area contributed by atoms with Gasteiger partial charge in [0.2, 0.25) is 0 Å². The number of amides is 1. The molecule has 0 bridgehead atoms. The number of aryl methyl sites for hydroxylation is 1. The Balaban J connectivity index is 2.00. The molecule has 2 N–H and O–H groups in total. The van der Waals surface area contributed by atoms with E-state index < -0.39 is 30.3 Å². The smallest absolute Gasteiger partial charge is 0.378 e. The third kappa shape index (κ3) is 3.45. The zero-order valence-electron chi connectivity index (χ0n) is 14.3. The van der Waals surface area contributed by atoms with E-state index >= 15 is 0 Å². The first-order chi connectivity index (χ1) is 12.6. The van der Waals surface area contributed by atoms with E-state index in [0.717, 1.165) is 5.56 Å². The molecule has 2 aromatic rings. The van der Waals surface area contributed by atoms with Crippen molar-refractivity contribution in [3.63, 3.8) is 0 Å². The first kappa shape index (κ1) is 19.1. The van der Waals surface area contributed by atoms with Crippen LogP contribution < -0.4 is 0 Å². The van der Waals surface area contributed by atoms with Gasteiger partial charge in [-0.2, -0.15) is 23.3 Å². The van der Waals surface area contributed by atoms with E-state index in [2.05, 4.69) is 5.10 Å². The van der Waals surface area contributed by atoms with Crippen LogP contribution in [0.1, 0.15) is 29.2 Å². The molecule has 1 amide bonds. The summed E-state index contributed by atoms with van der Waals surface area (Å²) < 4.78 is 40.7. The predicted octanol–water partition coefficient (Wildman–Crippen LogP) is 2.92. The van der Waals surface area contributed by atoms with Crippen molar-refractivity contribution >= 4 is 11.6 Å². The zero-order chi connectivity index (χ0) is 19.8. The fourth-order valence-corrected chi connectivity index (χ4v) is 2.80. The molecule has 1 aliphatic heterocycles. The number of aliphatic hydroxyl groups excluding tert-OH is 1. The summed E-state index contributed by atoms with van der Waals surface area (Å²) in [6.07, 6.45) is -7.97. The monoisotopic (exact) mass is 378 g/mol. The van der Waals surface area contributed by atoms with Gasteiger partial charge in [0, 0.05) is 0 Å². The highest BCUT2D eigenvalue weighted by atomic mass is 19.4. The second kappa shape index (κ2) is 6.79. The maximum absolute atomic E-state index is 13.6. The van der Waals surface area contributed by atoms with E-state index in [1.165, 1.54) is 24.3 Å². The quantitative estimate of drug-likeness (QED) is 0.863. The van der Waals surface area contributed by atoms with Crippen LogP contribution in [0.15, 0.2) is 59.7 Å². The molecule has 0 radical (unpaired) electrons. The molecule has 3 rings (SSSR count). The van der Waals surface area contributed by atoms with E-state index in [-0.39, 0.29) is 16.3 Å². The lowest BCUT2D eigenvalue weighted by Gasteiger charge is -2.33. The third-order valence-electron chi connectivity index (χ3n) is 4.38. The van der Waals surface area contributed by atoms with Gasteiger partial charge in [-0.1, -0.05) is 60.2 Å². The number of alkyl halides is 3. The fourth-order valence-electron chi connectivity index (χ4n) is 2.80. The van der Waals surface area contributed by atoms with Crippen molar-refractivity contribution in [1.29, 1.82) is 0 Å². The van der Waals surface area contributed by atoms with Crippen molar-refractivity contribution < 1.29 is 28.2 Å². The minimum Gasteiger partial charge on any atom is -0.378 e. The molecule has 2 atom stereocenters. The molecule has 5 nitrogen and oxygen atoms in total. The van der Waals surface area contributed by atoms with Crippen LogP contribution in [-0.2, 0) is 4.79 Å². The molecule has 1 aliphatic rings. The number of hydrazone groups is 1. The van der Waals surface area contributed by atoms with Crippen LogP contribution in [0.3, 0.4) is 0 Å². The second-order valence-corrected chi connectivity index (χ2v) is 6.37. The lowest BCUT2D eigenvalue weighted by atomic mass is 9.99. The molecule has 0 spiro atoms. The third-order valence-corrected chi connectivity index (χ3v) is 4.38. The Morgan fingerprint density at radius 2 is 1.74 bits per heavy atom. The number of halogens is 3. The van der Waals surface area contributed by atoms with Crippen molar-refractivity contribution in [2.75, 3.05) is 0 Å². The Hall–Kier alpha value is -2.71. The molecule has 0 saturated carbocycles. The van der Waals surface area contributed by atoms with Gasteiger partial charge in [-0.05, 0) is 18.1 Å². The van der Waals surface area contributed by atoms with E-state index in [1.807, 2.05) is 6.92 Å². The average Bonchev–Trinajstić information content (AvgIpc) is 3.00. The first-order valence-corrected chi connectivity index (χ1v) is 8.14. The van der Waals surface area contributed by atoms with Crippen LogP contribution >= 0.6 is 0 Å². The standard InChI is InChI=1S/C19H17F3N2O3/c1-12-7-9-13(10-8-12)15-11-18(27,19(20,21)22)24(23-15)17(26)16(25)14-5-3-2-4-6-14/h2-10,16,25,27H,11H2,1H3/t16-,18+/m1/s1. The van der Waals surface area contributed by atoms with Gasteiger partial charge in [-0.3, -0.25) is 4.79 Å². The Kier molecular flexibility index (Phi) is 4.79. The molecule has 2 aromatic carbocycles. The first-order valence-electron chi connectivity index (χ1n) is 8.14. The summed E-state index contributed by atoms with van der Waals surface area (Å²) in [5, 5.41) is 24.2. The summed E-state index contributed by atoms with van der Waals surface area (Å²) in [5.41, 5.74) is -2.27. The number of carbonyl (C=O) groups is 1. The van der Waals surface area contributed by atoms with Gasteiger partial charge in [0.05, 0.1) is 12.1 Å². The summed E-state index contributed by atoms with van der Waals surface area (Å²) in [6, 6.07) is 14.0. The Morgan fingerprint density at radius 1 is 1.15 bits per heavy atom. The number of hydrogen-bond acceptors (Lipinski definition) is 4. The molecule has 27 heavy (non-hydrogen) atoms. The van der Waals surface area contributed by atoms with Crippen molar-refractivity contribution in [3.05, 3.63) is 71.3 Å². The van der Waals surface area contributed by atoms with Crippen LogP contribution in [0.25, 0.3) is 0 Å². The SMILES string of the molecule is Cc1ccc(C2=NN(C(=O)[C@H](O)c3ccccc3)[C@@](O)(C(F)(F)F)C2)cc1. The fraction of sp³-hybridized carbons (Fsp3) is 0.263. The van der Waals surface area contributed by atoms with Gasteiger partial charge in [-0.25, -0.2) is 0 Å². The largest absolute Gasteiger partial charge is 0.438 e. The lowest BCUT2D eigenvalue weighted by Crippen LogP contribution is -2.57. The summed E-state index contributed by atoms with van der Waals surface area (Å²) in [7, 11) is 0. The molecule has 142 valence electrons. The van der Waals surface area contributed by atoms with Crippen LogP contribution in [0.5, 0.6) is 0 Å². The van der Waals surface area contributed by atoms with Crippen LogP contribution in [0.4, 0.5) is 13.2 Å². The van der Waals surface area contributed by atoms with E-state index in [0.29, 0.717) is 5.56 Å². The van der Waals surface area contributed by atoms with Crippen molar-refractivity contribution in [2.45, 2.75) is 31.3 Å². The maximum atomic E-state index is 13.6. The molecule has 8 heteroatoms. The summed E-state index contributed by atoms with van der Waals surface area (Å²) >= 11 is 0. The second-order valence-electron chi connectivity index (χ2n) is 6.37. The molecular weight excluding hydrogens is 361 g/mol. The summed E-state index contributed by atoms with van der Waals surface area (Å²) in [5.74, 6) is -1.36. The highest BCUT2D eigenvalue weighted by molar-refractivity contribution is 6.03. The molecule has 0 saturated heterocycles. The van der Waals surface area contributed by atoms with E-state index in [4.69, 9.17) is 0 Å². The minimum atomic E-state index is -5.16. The van der Waals surface area contributed by atoms with Crippen molar-refractivity contribution in [1.82, 2.24) is 5.01 Å². The minimum absolute atomic E-state index is 0.0557. The van der Waals surface area contributed by atoms with Gasteiger partial charge in [0.1, 0.15) is 0 Å². The average molecular weight is 378 g/mol. The van der Waals surface area contributed by atoms with Gasteiger partial charge in [-0.15, -0.1) is 0 Å². The van der Waals surface area contributed by atoms with Crippen molar-refractivity contribution in [3.8, 4) is 0 Å². The molecule has 0 aromatic heterocycles. The van der Waals surface area contributed by atoms with Crippen LogP contribution in [-0.4, -0.2) is 38.7 Å². The Bertz CT molecular complexity index is 866. The zero-order valence-corrected chi connectivity index (χ0v) is 14.3. The number of aliphatic hydroxyl groups is 2. The molecular formula is C19H17F3N2O3. The summed E-state index contributed by atoms with van der Waals surface area (Å²) in [6.45, 7) is 1.82. The van der Waals surface area contributed by atoms with Gasteiger partial charge < -0.3 is 10.2 Å². The highest BCUT2D eigenvalue weighted by Gasteiger charge is 2.63. The van der Waals surface area contributed by atoms with Gasteiger partial charge in [0.15, 0.2) is 6.10 Å². The number of benzene rings is 2. The topological polar surface area (TPSA) is 73.1 Å². The number of rotatable bonds is 3. The Labute approximate surface area is 153 Å². The molecule has 0 fully saturated rings. The number of hydrogen-bond donors (Lipinski definition) is 2. The normalized spacial score (nSPS) is 21.1. The number of carbonyl (C=O) groups excluding carboxylic acids is 1. The van der Waals surface area contributed by atoms with Gasteiger partial charge in [0.25, 0.3) is 11.6 Å². The van der Waals surface area contributed by atoms with Crippen LogP contribution in [0.2, 0.25) is 0 Å². The highest BCUT2D eigenvalue weighted by Crippen LogP contribution is 2.42. The number of nitrogens with zero attached hydrogens (tertiary/aromatic N) is 2. The van der Waals surface area contributed by atoms with Crippen LogP contribution in [0, 0.1) is 6.92 Å². The van der Waals surface area contributed by atoms with Crippen molar-refractivity contribution in [2.24, 2.45) is 5.10 Å². The molecule has 0 aliphatic carbocycles. The molecule has 1 heterocycles. The maximum Gasteiger partial charge on any atom is 0.438 e. The predicted molar refractivity (Wildman–Crippen MR) is 91.6 cm³/mol. The van der Waals surface area contributed by atoms with E-state index in [1.54, 1.807) is 30.3 Å². The summed E-state index contributed by atoms with van der Waals surface area (Å²) in [4.78, 5) is 12.5.